The molecule has 2 heteroatoms. The number of hydrogen-bond acceptors (Lipinski definition) is 2. The van der Waals surface area contributed by atoms with Gasteiger partial charge in [-0.1, -0.05) is 6.58 Å². The maximum absolute atomic E-state index is 7.79. The lowest BCUT2D eigenvalue weighted by molar-refractivity contribution is 1.46. The highest BCUT2D eigenvalue weighted by Crippen LogP contribution is 1.74. The van der Waals surface area contributed by atoms with Crippen LogP contribution in [0.5, 0.6) is 0 Å². The Morgan fingerprint density at radius 3 is 1.62 bits per heavy atom. The summed E-state index contributed by atoms with van der Waals surface area (Å²) >= 11 is 0. The zero-order valence-electron chi connectivity index (χ0n) is 5.10. The second kappa shape index (κ2) is 9.21. The van der Waals surface area contributed by atoms with Crippen molar-refractivity contribution >= 4 is 0 Å². The van der Waals surface area contributed by atoms with E-state index >= 15 is 0 Å². The summed E-state index contributed by atoms with van der Waals surface area (Å²) in [5, 5.41) is 15.1. The van der Waals surface area contributed by atoms with Crippen molar-refractivity contribution in [1.29, 1.82) is 10.5 Å². The molecule has 42 valence electrons. The molecule has 0 spiro atoms. The molecule has 0 bridgehead atoms. The Morgan fingerprint density at radius 2 is 1.62 bits per heavy atom. The van der Waals surface area contributed by atoms with E-state index in [1.54, 1.807) is 13.0 Å². The molecule has 0 heterocycles. The largest absolute Gasteiger partial charge is 0.199 e. The first-order valence-electron chi connectivity index (χ1n) is 2.05. The van der Waals surface area contributed by atoms with Crippen molar-refractivity contribution in [2.24, 2.45) is 0 Å². The van der Waals surface area contributed by atoms with E-state index in [4.69, 9.17) is 10.5 Å². The van der Waals surface area contributed by atoms with Gasteiger partial charge in [-0.05, 0) is 6.92 Å². The average Bonchev–Trinajstić information content (AvgIpc) is 1.69. The summed E-state index contributed by atoms with van der Waals surface area (Å²) in [7, 11) is 0. The van der Waals surface area contributed by atoms with Gasteiger partial charge in [-0.3, -0.25) is 0 Å². The van der Waals surface area contributed by atoms with Gasteiger partial charge >= 0.3 is 0 Å². The van der Waals surface area contributed by atoms with Gasteiger partial charge in [0.2, 0.25) is 0 Å². The van der Waals surface area contributed by atoms with E-state index in [0.29, 0.717) is 5.57 Å². The average molecular weight is 108 g/mol. The molecule has 0 aliphatic heterocycles. The predicted octanol–water partition coefficient (Wildman–Crippen LogP) is 1.62. The normalized spacial score (nSPS) is 4.50. The molecule has 0 saturated heterocycles. The van der Waals surface area contributed by atoms with Crippen LogP contribution in [0.15, 0.2) is 12.2 Å². The summed E-state index contributed by atoms with van der Waals surface area (Å²) in [5.41, 5.74) is 0.560. The first-order valence-corrected chi connectivity index (χ1v) is 2.05. The van der Waals surface area contributed by atoms with Crippen LogP contribution in [-0.4, -0.2) is 0 Å². The van der Waals surface area contributed by atoms with E-state index in [1.807, 2.05) is 6.07 Å². The zero-order valence-corrected chi connectivity index (χ0v) is 5.10. The lowest BCUT2D eigenvalue weighted by Crippen LogP contribution is -1.51. The van der Waals surface area contributed by atoms with Gasteiger partial charge in [-0.15, -0.1) is 0 Å². The lowest BCUT2D eigenvalue weighted by Gasteiger charge is -1.61. The van der Waals surface area contributed by atoms with Crippen LogP contribution >= 0.6 is 0 Å². The van der Waals surface area contributed by atoms with Crippen LogP contribution in [-0.2, 0) is 0 Å². The van der Waals surface area contributed by atoms with Gasteiger partial charge in [0.05, 0.1) is 12.1 Å². The van der Waals surface area contributed by atoms with Crippen molar-refractivity contribution in [3.05, 3.63) is 12.2 Å². The third kappa shape index (κ3) is 126. The smallest absolute Gasteiger partial charge is 0.0937 e. The van der Waals surface area contributed by atoms with Crippen LogP contribution in [0.2, 0.25) is 0 Å². The molecule has 0 amide bonds. The minimum atomic E-state index is 0.560. The van der Waals surface area contributed by atoms with Crippen LogP contribution in [0, 0.1) is 22.7 Å². The lowest BCUT2D eigenvalue weighted by atomic mass is 10.4. The Kier molecular flexibility index (Phi) is 11.4. The SMILES string of the molecule is C=C(C)C#N.CC#N. The van der Waals surface area contributed by atoms with Crippen molar-refractivity contribution in [2.75, 3.05) is 0 Å². The van der Waals surface area contributed by atoms with Crippen LogP contribution < -0.4 is 0 Å². The van der Waals surface area contributed by atoms with Gasteiger partial charge in [0.25, 0.3) is 0 Å². The molecule has 0 fully saturated rings. The first kappa shape index (κ1) is 9.87. The molecule has 0 N–H and O–H groups in total. The highest BCUT2D eigenvalue weighted by Gasteiger charge is 1.64. The summed E-state index contributed by atoms with van der Waals surface area (Å²) < 4.78 is 0. The Balaban J connectivity index is 0. The second-order valence-electron chi connectivity index (χ2n) is 1.12. The fourth-order valence-electron chi connectivity index (χ4n) is 0. The zero-order chi connectivity index (χ0) is 6.99. The molecule has 0 radical (unpaired) electrons. The van der Waals surface area contributed by atoms with Gasteiger partial charge in [-0.25, -0.2) is 0 Å². The molecule has 0 aromatic rings. The molecule has 0 atom stereocenters. The van der Waals surface area contributed by atoms with Crippen LogP contribution in [0.25, 0.3) is 0 Å². The predicted molar refractivity (Wildman–Crippen MR) is 31.7 cm³/mol. The van der Waals surface area contributed by atoms with Gasteiger partial charge in [0, 0.05) is 12.5 Å². The number of nitriles is 2. The Bertz CT molecular complexity index is 134. The third-order valence-corrected chi connectivity index (χ3v) is 0.191. The maximum Gasteiger partial charge on any atom is 0.0937 e. The minimum Gasteiger partial charge on any atom is -0.199 e. The van der Waals surface area contributed by atoms with Crippen LogP contribution in [0.4, 0.5) is 0 Å². The van der Waals surface area contributed by atoms with Gasteiger partial charge in [0.15, 0.2) is 0 Å². The molecule has 0 aliphatic carbocycles. The van der Waals surface area contributed by atoms with Crippen molar-refractivity contribution in [3.8, 4) is 12.1 Å². The van der Waals surface area contributed by atoms with E-state index in [-0.39, 0.29) is 0 Å². The monoisotopic (exact) mass is 108 g/mol. The molecule has 8 heavy (non-hydrogen) atoms. The third-order valence-electron chi connectivity index (χ3n) is 0.191. The molecule has 0 aliphatic rings. The molecular weight excluding hydrogens is 100 g/mol. The topological polar surface area (TPSA) is 47.6 Å². The van der Waals surface area contributed by atoms with Gasteiger partial charge in [-0.2, -0.15) is 10.5 Å². The summed E-state index contributed by atoms with van der Waals surface area (Å²) in [4.78, 5) is 0. The van der Waals surface area contributed by atoms with Gasteiger partial charge < -0.3 is 0 Å². The van der Waals surface area contributed by atoms with Gasteiger partial charge in [0.1, 0.15) is 0 Å². The van der Waals surface area contributed by atoms with Crippen molar-refractivity contribution in [3.63, 3.8) is 0 Å². The van der Waals surface area contributed by atoms with Crippen molar-refractivity contribution in [2.45, 2.75) is 13.8 Å². The van der Waals surface area contributed by atoms with Crippen LogP contribution in [0.1, 0.15) is 13.8 Å². The Morgan fingerprint density at radius 1 is 1.50 bits per heavy atom. The molecule has 0 aromatic carbocycles. The number of allylic oxidation sites excluding steroid dienone is 1. The number of hydrogen-bond donors (Lipinski definition) is 0. The summed E-state index contributed by atoms with van der Waals surface area (Å²) in [6.07, 6.45) is 0. The van der Waals surface area contributed by atoms with Crippen molar-refractivity contribution in [1.82, 2.24) is 0 Å². The van der Waals surface area contributed by atoms with E-state index in [1.165, 1.54) is 6.92 Å². The Labute approximate surface area is 49.7 Å². The van der Waals surface area contributed by atoms with E-state index in [9.17, 15) is 0 Å². The molecule has 0 saturated carbocycles. The number of rotatable bonds is 0. The van der Waals surface area contributed by atoms with Crippen molar-refractivity contribution < 1.29 is 0 Å². The summed E-state index contributed by atoms with van der Waals surface area (Å²) in [6.45, 7) is 6.41. The molecule has 0 aromatic heterocycles. The fourth-order valence-corrected chi connectivity index (χ4v) is 0. The Hall–Kier alpha value is -1.28. The number of nitrogens with zero attached hydrogens (tertiary/aromatic N) is 2. The van der Waals surface area contributed by atoms with E-state index < -0.39 is 0 Å². The fraction of sp³-hybridized carbons (Fsp3) is 0.333. The van der Waals surface area contributed by atoms with Crippen LogP contribution in [0.3, 0.4) is 0 Å². The molecule has 0 unspecified atom stereocenters. The highest BCUT2D eigenvalue weighted by molar-refractivity contribution is 5.11. The molecule has 0 rings (SSSR count). The standard InChI is InChI=1S/C4H5N.C2H3N/c1-4(2)3-5;1-2-3/h1H2,2H3;1H3. The summed E-state index contributed by atoms with van der Waals surface area (Å²) in [6, 6.07) is 3.58. The maximum atomic E-state index is 7.79. The molecule has 2 nitrogen and oxygen atoms in total. The molecular formula is C6H8N2. The minimum absolute atomic E-state index is 0.560. The summed E-state index contributed by atoms with van der Waals surface area (Å²) in [5.74, 6) is 0. The quantitative estimate of drug-likeness (QED) is 0.442. The van der Waals surface area contributed by atoms with E-state index in [2.05, 4.69) is 6.58 Å². The highest BCUT2D eigenvalue weighted by atomic mass is 14.2. The second-order valence-corrected chi connectivity index (χ2v) is 1.12. The first-order chi connectivity index (χ1) is 3.68. The van der Waals surface area contributed by atoms with E-state index in [0.717, 1.165) is 0 Å².